The molecule has 0 bridgehead atoms. The van der Waals surface area contributed by atoms with Crippen LogP contribution in [0.5, 0.6) is 11.5 Å². The zero-order valence-electron chi connectivity index (χ0n) is 15.9. The minimum Gasteiger partial charge on any atom is -0.497 e. The van der Waals surface area contributed by atoms with Crippen LogP contribution in [0, 0.1) is 0 Å². The Morgan fingerprint density at radius 2 is 1.78 bits per heavy atom. The van der Waals surface area contributed by atoms with Crippen molar-refractivity contribution >= 4 is 17.2 Å². The summed E-state index contributed by atoms with van der Waals surface area (Å²) < 4.78 is 10.6. The lowest BCUT2D eigenvalue weighted by Gasteiger charge is -2.40. The molecule has 4 rings (SSSR count). The largest absolute Gasteiger partial charge is 0.497 e. The van der Waals surface area contributed by atoms with Gasteiger partial charge in [-0.1, -0.05) is 0 Å². The highest BCUT2D eigenvalue weighted by Gasteiger charge is 2.29. The van der Waals surface area contributed by atoms with E-state index in [1.54, 1.807) is 37.3 Å². The summed E-state index contributed by atoms with van der Waals surface area (Å²) in [5, 5.41) is 2.21. The molecule has 1 aromatic heterocycles. The molecule has 1 fully saturated rings. The van der Waals surface area contributed by atoms with Gasteiger partial charge in [0, 0.05) is 48.7 Å². The molecule has 1 aromatic carbocycles. The van der Waals surface area contributed by atoms with E-state index in [0.717, 1.165) is 45.4 Å². The highest BCUT2D eigenvalue weighted by Crippen LogP contribution is 2.29. The minimum atomic E-state index is 0.0596. The van der Waals surface area contributed by atoms with Gasteiger partial charge in [0.25, 0.3) is 5.91 Å². The van der Waals surface area contributed by atoms with E-state index in [1.807, 2.05) is 16.2 Å². The van der Waals surface area contributed by atoms with Crippen molar-refractivity contribution < 1.29 is 14.3 Å². The normalized spacial score (nSPS) is 18.2. The Labute approximate surface area is 164 Å². The Morgan fingerprint density at radius 1 is 1.07 bits per heavy atom. The Hall–Kier alpha value is -2.05. The molecule has 5 nitrogen and oxygen atoms in total. The van der Waals surface area contributed by atoms with Gasteiger partial charge in [0.2, 0.25) is 0 Å². The van der Waals surface area contributed by atoms with E-state index in [1.165, 1.54) is 5.56 Å². The van der Waals surface area contributed by atoms with Gasteiger partial charge in [-0.3, -0.25) is 9.69 Å². The third-order valence-corrected chi connectivity index (χ3v) is 6.73. The van der Waals surface area contributed by atoms with Crippen LogP contribution in [-0.4, -0.2) is 55.6 Å². The van der Waals surface area contributed by atoms with Crippen LogP contribution < -0.4 is 9.47 Å². The zero-order chi connectivity index (χ0) is 18.8. The molecule has 2 aromatic rings. The smallest absolute Gasteiger partial charge is 0.254 e. The van der Waals surface area contributed by atoms with Gasteiger partial charge < -0.3 is 14.4 Å². The Balaban J connectivity index is 1.38. The van der Waals surface area contributed by atoms with Crippen LogP contribution in [0.3, 0.4) is 0 Å². The van der Waals surface area contributed by atoms with Gasteiger partial charge in [0.15, 0.2) is 0 Å². The second kappa shape index (κ2) is 7.90. The van der Waals surface area contributed by atoms with Crippen molar-refractivity contribution in [1.82, 2.24) is 9.80 Å². The fourth-order valence-corrected chi connectivity index (χ4v) is 5.02. The number of amides is 1. The van der Waals surface area contributed by atoms with Crippen LogP contribution in [0.15, 0.2) is 29.6 Å². The third-order valence-electron chi connectivity index (χ3n) is 5.70. The molecule has 0 radical (unpaired) electrons. The number of fused-ring (bicyclic) bond motifs is 1. The van der Waals surface area contributed by atoms with Crippen molar-refractivity contribution in [1.29, 1.82) is 0 Å². The number of piperidine rings is 1. The topological polar surface area (TPSA) is 42.0 Å². The third kappa shape index (κ3) is 3.82. The maximum absolute atomic E-state index is 13.0. The SMILES string of the molecule is COc1cc(OC)cc(C(=O)N2CCC(N3CCc4sccc4C3)CC2)c1. The van der Waals surface area contributed by atoms with Gasteiger partial charge >= 0.3 is 0 Å². The summed E-state index contributed by atoms with van der Waals surface area (Å²) >= 11 is 1.88. The first-order valence-corrected chi connectivity index (χ1v) is 10.4. The maximum Gasteiger partial charge on any atom is 0.254 e. The summed E-state index contributed by atoms with van der Waals surface area (Å²) in [4.78, 5) is 19.1. The Bertz CT molecular complexity index is 789. The van der Waals surface area contributed by atoms with Crippen LogP contribution in [0.25, 0.3) is 0 Å². The summed E-state index contributed by atoms with van der Waals surface area (Å²) in [6.45, 7) is 3.80. The molecule has 3 heterocycles. The standard InChI is InChI=1S/C21H26N2O3S/c1-25-18-11-16(12-19(13-18)26-2)21(24)22-7-3-17(4-8-22)23-9-5-20-15(14-23)6-10-27-20/h6,10-13,17H,3-5,7-9,14H2,1-2H3. The van der Waals surface area contributed by atoms with Gasteiger partial charge in [-0.05, 0) is 48.4 Å². The summed E-state index contributed by atoms with van der Waals surface area (Å²) in [7, 11) is 3.21. The molecule has 0 saturated carbocycles. The Morgan fingerprint density at radius 3 is 2.44 bits per heavy atom. The molecule has 2 aliphatic heterocycles. The van der Waals surface area contributed by atoms with Crippen LogP contribution in [0.1, 0.15) is 33.6 Å². The van der Waals surface area contributed by atoms with Gasteiger partial charge in [-0.25, -0.2) is 0 Å². The van der Waals surface area contributed by atoms with Crippen molar-refractivity contribution in [2.24, 2.45) is 0 Å². The van der Waals surface area contributed by atoms with Gasteiger partial charge in [0.05, 0.1) is 14.2 Å². The number of methoxy groups -OCH3 is 2. The molecule has 2 aliphatic rings. The van der Waals surface area contributed by atoms with E-state index in [4.69, 9.17) is 9.47 Å². The first-order chi connectivity index (χ1) is 13.2. The fraction of sp³-hybridized carbons (Fsp3) is 0.476. The highest BCUT2D eigenvalue weighted by molar-refractivity contribution is 7.10. The first kappa shape index (κ1) is 18.3. The van der Waals surface area contributed by atoms with Gasteiger partial charge in [0.1, 0.15) is 11.5 Å². The molecular weight excluding hydrogens is 360 g/mol. The number of ether oxygens (including phenoxy) is 2. The summed E-state index contributed by atoms with van der Waals surface area (Å²) in [5.74, 6) is 1.35. The van der Waals surface area contributed by atoms with Crippen molar-refractivity contribution in [2.45, 2.75) is 31.8 Å². The van der Waals surface area contributed by atoms with Crippen molar-refractivity contribution in [3.05, 3.63) is 45.6 Å². The minimum absolute atomic E-state index is 0.0596. The molecule has 0 N–H and O–H groups in total. The van der Waals surface area contributed by atoms with Gasteiger partial charge in [-0.15, -0.1) is 11.3 Å². The molecular formula is C21H26N2O3S. The van der Waals surface area contributed by atoms with E-state index in [9.17, 15) is 4.79 Å². The number of rotatable bonds is 4. The number of hydrogen-bond donors (Lipinski definition) is 0. The van der Waals surface area contributed by atoms with Crippen molar-refractivity contribution in [2.75, 3.05) is 33.9 Å². The molecule has 144 valence electrons. The number of nitrogens with zero attached hydrogens (tertiary/aromatic N) is 2. The predicted molar refractivity (Wildman–Crippen MR) is 107 cm³/mol. The van der Waals surface area contributed by atoms with E-state index in [2.05, 4.69) is 16.3 Å². The zero-order valence-corrected chi connectivity index (χ0v) is 16.8. The van der Waals surface area contributed by atoms with Crippen molar-refractivity contribution in [3.63, 3.8) is 0 Å². The number of likely N-dealkylation sites (tertiary alicyclic amines) is 1. The van der Waals surface area contributed by atoms with Crippen LogP contribution in [0.2, 0.25) is 0 Å². The number of thiophene rings is 1. The van der Waals surface area contributed by atoms with E-state index < -0.39 is 0 Å². The molecule has 0 atom stereocenters. The van der Waals surface area contributed by atoms with Crippen LogP contribution >= 0.6 is 11.3 Å². The highest BCUT2D eigenvalue weighted by atomic mass is 32.1. The molecule has 1 saturated heterocycles. The number of benzene rings is 1. The Kier molecular flexibility index (Phi) is 5.36. The molecule has 6 heteroatoms. The fourth-order valence-electron chi connectivity index (χ4n) is 4.13. The van der Waals surface area contributed by atoms with E-state index >= 15 is 0 Å². The molecule has 0 unspecified atom stereocenters. The average Bonchev–Trinajstić information content (AvgIpc) is 3.20. The molecule has 0 aliphatic carbocycles. The summed E-state index contributed by atoms with van der Waals surface area (Å²) in [5.41, 5.74) is 2.12. The monoisotopic (exact) mass is 386 g/mol. The first-order valence-electron chi connectivity index (χ1n) is 9.49. The number of carbonyl (C=O) groups is 1. The maximum atomic E-state index is 13.0. The van der Waals surface area contributed by atoms with Crippen LogP contribution in [-0.2, 0) is 13.0 Å². The molecule has 0 spiro atoms. The van der Waals surface area contributed by atoms with Gasteiger partial charge in [-0.2, -0.15) is 0 Å². The lowest BCUT2D eigenvalue weighted by Crippen LogP contribution is -2.47. The molecule has 1 amide bonds. The van der Waals surface area contributed by atoms with Crippen molar-refractivity contribution in [3.8, 4) is 11.5 Å². The number of carbonyl (C=O) groups excluding carboxylic acids is 1. The lowest BCUT2D eigenvalue weighted by molar-refractivity contribution is 0.0600. The second-order valence-electron chi connectivity index (χ2n) is 7.21. The second-order valence-corrected chi connectivity index (χ2v) is 8.21. The average molecular weight is 387 g/mol. The lowest BCUT2D eigenvalue weighted by atomic mass is 9.99. The summed E-state index contributed by atoms with van der Waals surface area (Å²) in [6, 6.07) is 8.21. The summed E-state index contributed by atoms with van der Waals surface area (Å²) in [6.07, 6.45) is 3.23. The quantitative estimate of drug-likeness (QED) is 0.807. The predicted octanol–water partition coefficient (Wildman–Crippen LogP) is 3.43. The van der Waals surface area contributed by atoms with Crippen LogP contribution in [0.4, 0.5) is 0 Å². The number of hydrogen-bond acceptors (Lipinski definition) is 5. The van der Waals surface area contributed by atoms with E-state index in [-0.39, 0.29) is 5.91 Å². The van der Waals surface area contributed by atoms with E-state index in [0.29, 0.717) is 23.1 Å². The molecule has 27 heavy (non-hydrogen) atoms.